The number of carbonyl (C=O) groups excluding carboxylic acids is 1. The highest BCUT2D eigenvalue weighted by molar-refractivity contribution is 5.85. The summed E-state index contributed by atoms with van der Waals surface area (Å²) in [6.45, 7) is 1.04. The van der Waals surface area contributed by atoms with E-state index in [2.05, 4.69) is 5.32 Å². The Kier molecular flexibility index (Phi) is 2.55. The van der Waals surface area contributed by atoms with Crippen molar-refractivity contribution in [1.29, 1.82) is 0 Å². The van der Waals surface area contributed by atoms with Gasteiger partial charge in [-0.05, 0) is 81.0 Å². The second-order valence-corrected chi connectivity index (χ2v) is 8.07. The fraction of sp³-hybridized carbons (Fsp3) is 0.938. The second-order valence-electron chi connectivity index (χ2n) is 8.07. The van der Waals surface area contributed by atoms with E-state index in [0.717, 1.165) is 43.6 Å². The number of nitrogens with two attached hydrogens (primary N) is 1. The molecule has 0 aromatic rings. The third kappa shape index (κ3) is 1.84. The quantitative estimate of drug-likeness (QED) is 0.816. The lowest BCUT2D eigenvalue weighted by atomic mass is 9.49. The molecule has 0 saturated heterocycles. The van der Waals surface area contributed by atoms with Gasteiger partial charge in [0.15, 0.2) is 0 Å². The standard InChI is InChI=1S/C16H26N2O/c17-14(19)16(2-1-3-16)18-10-15-7-11-4-12(8-15)6-13(5-11)9-15/h11-13,18H,1-10H2,(H2,17,19). The second kappa shape index (κ2) is 3.97. The Morgan fingerprint density at radius 3 is 1.95 bits per heavy atom. The highest BCUT2D eigenvalue weighted by Gasteiger charge is 2.52. The largest absolute Gasteiger partial charge is 0.368 e. The van der Waals surface area contributed by atoms with Gasteiger partial charge in [0.1, 0.15) is 0 Å². The van der Waals surface area contributed by atoms with Gasteiger partial charge in [-0.3, -0.25) is 4.79 Å². The van der Waals surface area contributed by atoms with Gasteiger partial charge in [0.2, 0.25) is 5.91 Å². The van der Waals surface area contributed by atoms with Gasteiger partial charge in [-0.25, -0.2) is 0 Å². The Labute approximate surface area is 115 Å². The molecule has 0 aromatic carbocycles. The van der Waals surface area contributed by atoms with E-state index in [1.165, 1.54) is 38.5 Å². The van der Waals surface area contributed by atoms with Crippen molar-refractivity contribution in [1.82, 2.24) is 5.32 Å². The van der Waals surface area contributed by atoms with Crippen LogP contribution in [-0.4, -0.2) is 18.0 Å². The average molecular weight is 262 g/mol. The molecule has 3 nitrogen and oxygen atoms in total. The summed E-state index contributed by atoms with van der Waals surface area (Å²) < 4.78 is 0. The normalized spacial score (nSPS) is 46.0. The summed E-state index contributed by atoms with van der Waals surface area (Å²) in [5.41, 5.74) is 5.77. The average Bonchev–Trinajstić information content (AvgIpc) is 2.24. The number of primary amides is 1. The van der Waals surface area contributed by atoms with Crippen LogP contribution in [-0.2, 0) is 4.79 Å². The fourth-order valence-corrected chi connectivity index (χ4v) is 5.90. The SMILES string of the molecule is NC(=O)C1(NCC23CC4CC(CC(C4)C2)C3)CCC1. The van der Waals surface area contributed by atoms with Crippen LogP contribution in [0.25, 0.3) is 0 Å². The first kappa shape index (κ1) is 12.2. The molecule has 0 radical (unpaired) electrons. The smallest absolute Gasteiger partial charge is 0.237 e. The third-order valence-electron chi connectivity index (χ3n) is 6.65. The molecule has 0 aromatic heterocycles. The molecule has 0 aliphatic heterocycles. The summed E-state index contributed by atoms with van der Waals surface area (Å²) in [6, 6.07) is 0. The maximum absolute atomic E-state index is 11.7. The van der Waals surface area contributed by atoms with Gasteiger partial charge < -0.3 is 11.1 Å². The van der Waals surface area contributed by atoms with Crippen LogP contribution in [0.4, 0.5) is 0 Å². The third-order valence-corrected chi connectivity index (χ3v) is 6.65. The molecular weight excluding hydrogens is 236 g/mol. The van der Waals surface area contributed by atoms with Gasteiger partial charge in [0.05, 0.1) is 5.54 Å². The zero-order chi connectivity index (χ0) is 13.1. The van der Waals surface area contributed by atoms with Crippen LogP contribution in [0.1, 0.15) is 57.8 Å². The molecule has 0 heterocycles. The number of carbonyl (C=O) groups is 1. The van der Waals surface area contributed by atoms with Crippen LogP contribution >= 0.6 is 0 Å². The van der Waals surface area contributed by atoms with Crippen molar-refractivity contribution in [2.24, 2.45) is 28.9 Å². The van der Waals surface area contributed by atoms with Crippen molar-refractivity contribution in [3.05, 3.63) is 0 Å². The lowest BCUT2D eigenvalue weighted by Crippen LogP contribution is -2.63. The first-order valence-corrected chi connectivity index (χ1v) is 8.14. The molecule has 1 amide bonds. The van der Waals surface area contributed by atoms with Crippen LogP contribution in [0.3, 0.4) is 0 Å². The summed E-state index contributed by atoms with van der Waals surface area (Å²) in [5, 5.41) is 3.61. The minimum absolute atomic E-state index is 0.122. The first-order chi connectivity index (χ1) is 9.09. The van der Waals surface area contributed by atoms with Gasteiger partial charge in [0, 0.05) is 6.54 Å². The minimum atomic E-state index is -0.344. The maximum atomic E-state index is 11.7. The number of amides is 1. The molecule has 106 valence electrons. The van der Waals surface area contributed by atoms with E-state index >= 15 is 0 Å². The van der Waals surface area contributed by atoms with Crippen LogP contribution in [0.15, 0.2) is 0 Å². The molecular formula is C16H26N2O. The fourth-order valence-electron chi connectivity index (χ4n) is 5.90. The monoisotopic (exact) mass is 262 g/mol. The number of hydrogen-bond acceptors (Lipinski definition) is 2. The van der Waals surface area contributed by atoms with Gasteiger partial charge in [-0.2, -0.15) is 0 Å². The summed E-state index contributed by atoms with van der Waals surface area (Å²) in [6.07, 6.45) is 11.7. The highest BCUT2D eigenvalue weighted by Crippen LogP contribution is 2.59. The van der Waals surface area contributed by atoms with Crippen molar-refractivity contribution < 1.29 is 4.79 Å². The molecule has 3 N–H and O–H groups in total. The minimum Gasteiger partial charge on any atom is -0.368 e. The van der Waals surface area contributed by atoms with Crippen molar-refractivity contribution in [2.45, 2.75) is 63.3 Å². The molecule has 0 unspecified atom stereocenters. The molecule has 5 saturated carbocycles. The van der Waals surface area contributed by atoms with Crippen molar-refractivity contribution in [2.75, 3.05) is 6.54 Å². The van der Waals surface area contributed by atoms with E-state index in [9.17, 15) is 4.79 Å². The lowest BCUT2D eigenvalue weighted by Gasteiger charge is -2.58. The molecule has 5 aliphatic rings. The predicted molar refractivity (Wildman–Crippen MR) is 74.4 cm³/mol. The van der Waals surface area contributed by atoms with Gasteiger partial charge in [0.25, 0.3) is 0 Å². The van der Waals surface area contributed by atoms with Gasteiger partial charge in [-0.1, -0.05) is 0 Å². The number of rotatable bonds is 4. The van der Waals surface area contributed by atoms with Crippen LogP contribution in [0.5, 0.6) is 0 Å². The molecule has 19 heavy (non-hydrogen) atoms. The van der Waals surface area contributed by atoms with Gasteiger partial charge in [-0.15, -0.1) is 0 Å². The molecule has 0 spiro atoms. The lowest BCUT2D eigenvalue weighted by molar-refractivity contribution is -0.129. The maximum Gasteiger partial charge on any atom is 0.237 e. The van der Waals surface area contributed by atoms with E-state index in [1.54, 1.807) is 0 Å². The number of hydrogen-bond donors (Lipinski definition) is 2. The highest BCUT2D eigenvalue weighted by atomic mass is 16.1. The van der Waals surface area contributed by atoms with Crippen molar-refractivity contribution in [3.63, 3.8) is 0 Å². The molecule has 5 rings (SSSR count). The molecule has 5 aliphatic carbocycles. The predicted octanol–water partition coefficient (Wildman–Crippen LogP) is 2.20. The zero-order valence-electron chi connectivity index (χ0n) is 11.8. The Morgan fingerprint density at radius 2 is 1.58 bits per heavy atom. The van der Waals surface area contributed by atoms with Crippen molar-refractivity contribution >= 4 is 5.91 Å². The Bertz CT molecular complexity index is 364. The number of nitrogens with one attached hydrogen (secondary N) is 1. The molecule has 4 bridgehead atoms. The molecule has 0 atom stereocenters. The Hall–Kier alpha value is -0.570. The summed E-state index contributed by atoms with van der Waals surface area (Å²) >= 11 is 0. The van der Waals surface area contributed by atoms with E-state index in [1.807, 2.05) is 0 Å². The first-order valence-electron chi connectivity index (χ1n) is 8.14. The topological polar surface area (TPSA) is 55.1 Å². The van der Waals surface area contributed by atoms with Crippen LogP contribution in [0, 0.1) is 23.2 Å². The summed E-state index contributed by atoms with van der Waals surface area (Å²) in [5.74, 6) is 2.83. The van der Waals surface area contributed by atoms with E-state index in [-0.39, 0.29) is 11.4 Å². The van der Waals surface area contributed by atoms with Crippen LogP contribution in [0.2, 0.25) is 0 Å². The molecule has 3 heteroatoms. The van der Waals surface area contributed by atoms with Crippen LogP contribution < -0.4 is 11.1 Å². The Balaban J connectivity index is 1.46. The van der Waals surface area contributed by atoms with E-state index < -0.39 is 0 Å². The Morgan fingerprint density at radius 1 is 1.05 bits per heavy atom. The van der Waals surface area contributed by atoms with Crippen molar-refractivity contribution in [3.8, 4) is 0 Å². The summed E-state index contributed by atoms with van der Waals surface area (Å²) in [7, 11) is 0. The molecule has 5 fully saturated rings. The summed E-state index contributed by atoms with van der Waals surface area (Å²) in [4.78, 5) is 11.7. The zero-order valence-corrected chi connectivity index (χ0v) is 11.8. The van der Waals surface area contributed by atoms with Gasteiger partial charge >= 0.3 is 0 Å². The van der Waals surface area contributed by atoms with E-state index in [4.69, 9.17) is 5.73 Å². The van der Waals surface area contributed by atoms with E-state index in [0.29, 0.717) is 5.41 Å².